The van der Waals surface area contributed by atoms with Crippen molar-refractivity contribution in [2.45, 2.75) is 38.4 Å². The number of hydrogen-bond donors (Lipinski definition) is 0. The molecule has 1 aromatic carbocycles. The second-order valence-corrected chi connectivity index (χ2v) is 5.11. The van der Waals surface area contributed by atoms with E-state index in [4.69, 9.17) is 21.1 Å². The summed E-state index contributed by atoms with van der Waals surface area (Å²) in [5.41, 5.74) is 1.18. The van der Waals surface area contributed by atoms with Crippen LogP contribution in [0.3, 0.4) is 0 Å². The van der Waals surface area contributed by atoms with Crippen LogP contribution in [0.15, 0.2) is 18.2 Å². The highest BCUT2D eigenvalue weighted by Crippen LogP contribution is 2.39. The molecule has 15 heavy (non-hydrogen) atoms. The first kappa shape index (κ1) is 10.6. The summed E-state index contributed by atoms with van der Waals surface area (Å²) in [4.78, 5) is 0. The standard InChI is InChI=1S/C12H15ClO2/c1-8(13)6-9-4-5-10-11(7-9)15-12(2,3)14-10/h4-5,7-8H,6H2,1-3H3. The summed E-state index contributed by atoms with van der Waals surface area (Å²) in [5, 5.41) is 0.137. The largest absolute Gasteiger partial charge is 0.449 e. The Labute approximate surface area is 95.1 Å². The third-order valence-electron chi connectivity index (χ3n) is 2.24. The van der Waals surface area contributed by atoms with Crippen LogP contribution in [0.5, 0.6) is 11.5 Å². The topological polar surface area (TPSA) is 18.5 Å². The molecule has 0 aliphatic carbocycles. The van der Waals surface area contributed by atoms with Gasteiger partial charge < -0.3 is 9.47 Å². The van der Waals surface area contributed by atoms with Crippen LogP contribution in [-0.4, -0.2) is 11.2 Å². The van der Waals surface area contributed by atoms with E-state index >= 15 is 0 Å². The van der Waals surface area contributed by atoms with E-state index in [1.54, 1.807) is 0 Å². The van der Waals surface area contributed by atoms with E-state index in [1.807, 2.05) is 39.0 Å². The lowest BCUT2D eigenvalue weighted by Gasteiger charge is -2.16. The van der Waals surface area contributed by atoms with Crippen molar-refractivity contribution in [2.24, 2.45) is 0 Å². The Hall–Kier alpha value is -0.890. The lowest BCUT2D eigenvalue weighted by atomic mass is 10.1. The Balaban J connectivity index is 2.23. The molecule has 0 spiro atoms. The number of hydrogen-bond acceptors (Lipinski definition) is 2. The highest BCUT2D eigenvalue weighted by molar-refractivity contribution is 6.20. The maximum absolute atomic E-state index is 5.95. The molecule has 0 amide bonds. The zero-order chi connectivity index (χ0) is 11.1. The van der Waals surface area contributed by atoms with Crippen LogP contribution in [0.25, 0.3) is 0 Å². The maximum Gasteiger partial charge on any atom is 0.246 e. The minimum Gasteiger partial charge on any atom is -0.449 e. The Morgan fingerprint density at radius 1 is 1.27 bits per heavy atom. The molecule has 2 rings (SSSR count). The van der Waals surface area contributed by atoms with Gasteiger partial charge in [0.15, 0.2) is 11.5 Å². The molecule has 1 unspecified atom stereocenters. The van der Waals surface area contributed by atoms with E-state index < -0.39 is 5.79 Å². The molecule has 0 saturated heterocycles. The van der Waals surface area contributed by atoms with Gasteiger partial charge >= 0.3 is 0 Å². The van der Waals surface area contributed by atoms with Gasteiger partial charge in [0.2, 0.25) is 5.79 Å². The van der Waals surface area contributed by atoms with E-state index in [2.05, 4.69) is 0 Å². The maximum atomic E-state index is 5.95. The van der Waals surface area contributed by atoms with Crippen molar-refractivity contribution in [2.75, 3.05) is 0 Å². The van der Waals surface area contributed by atoms with E-state index in [1.165, 1.54) is 5.56 Å². The summed E-state index contributed by atoms with van der Waals surface area (Å²) in [5.74, 6) is 1.08. The second-order valence-electron chi connectivity index (χ2n) is 4.37. The third-order valence-corrected chi connectivity index (χ3v) is 2.39. The van der Waals surface area contributed by atoms with Gasteiger partial charge in [0.05, 0.1) is 0 Å². The van der Waals surface area contributed by atoms with E-state index in [0.29, 0.717) is 0 Å². The second kappa shape index (κ2) is 3.60. The molecule has 0 saturated carbocycles. The predicted molar refractivity (Wildman–Crippen MR) is 60.8 cm³/mol. The molecule has 0 bridgehead atoms. The minimum atomic E-state index is -0.548. The molecule has 3 heteroatoms. The molecule has 0 fully saturated rings. The summed E-state index contributed by atoms with van der Waals surface area (Å²) in [7, 11) is 0. The summed E-state index contributed by atoms with van der Waals surface area (Å²) in [6.45, 7) is 5.78. The molecule has 1 heterocycles. The highest BCUT2D eigenvalue weighted by Gasteiger charge is 2.31. The first-order valence-electron chi connectivity index (χ1n) is 5.11. The molecule has 2 nitrogen and oxygen atoms in total. The van der Waals surface area contributed by atoms with Crippen molar-refractivity contribution < 1.29 is 9.47 Å². The van der Waals surface area contributed by atoms with Gasteiger partial charge in [-0.25, -0.2) is 0 Å². The number of benzene rings is 1. The molecule has 1 aliphatic heterocycles. The van der Waals surface area contributed by atoms with Gasteiger partial charge in [-0.15, -0.1) is 11.6 Å². The van der Waals surface area contributed by atoms with Crippen LogP contribution in [0.4, 0.5) is 0 Å². The average Bonchev–Trinajstić information content (AvgIpc) is 2.36. The van der Waals surface area contributed by atoms with Crippen molar-refractivity contribution >= 4 is 11.6 Å². The first-order valence-corrected chi connectivity index (χ1v) is 5.55. The van der Waals surface area contributed by atoms with Crippen LogP contribution >= 0.6 is 11.6 Å². The molecule has 1 aromatic rings. The highest BCUT2D eigenvalue weighted by atomic mass is 35.5. The molecule has 1 atom stereocenters. The van der Waals surface area contributed by atoms with Crippen molar-refractivity contribution in [1.29, 1.82) is 0 Å². The van der Waals surface area contributed by atoms with Gasteiger partial charge in [-0.1, -0.05) is 6.07 Å². The van der Waals surface area contributed by atoms with E-state index in [9.17, 15) is 0 Å². The number of halogens is 1. The van der Waals surface area contributed by atoms with Gasteiger partial charge in [0, 0.05) is 19.2 Å². The Bertz CT molecular complexity index is 372. The number of alkyl halides is 1. The summed E-state index contributed by atoms with van der Waals surface area (Å²) in [6, 6.07) is 5.98. The molecule has 82 valence electrons. The molecule has 0 radical (unpaired) electrons. The molecule has 0 N–H and O–H groups in total. The molecular weight excluding hydrogens is 212 g/mol. The van der Waals surface area contributed by atoms with Crippen LogP contribution in [0, 0.1) is 0 Å². The molecule has 1 aliphatic rings. The van der Waals surface area contributed by atoms with Gasteiger partial charge in [-0.2, -0.15) is 0 Å². The van der Waals surface area contributed by atoms with E-state index in [-0.39, 0.29) is 5.38 Å². The van der Waals surface area contributed by atoms with Crippen molar-refractivity contribution in [3.05, 3.63) is 23.8 Å². The van der Waals surface area contributed by atoms with E-state index in [0.717, 1.165) is 17.9 Å². The first-order chi connectivity index (χ1) is 6.96. The zero-order valence-corrected chi connectivity index (χ0v) is 9.97. The Morgan fingerprint density at radius 3 is 2.60 bits per heavy atom. The number of ether oxygens (including phenoxy) is 2. The monoisotopic (exact) mass is 226 g/mol. The number of rotatable bonds is 2. The summed E-state index contributed by atoms with van der Waals surface area (Å²) >= 11 is 5.95. The molecular formula is C12H15ClO2. The third kappa shape index (κ3) is 2.37. The van der Waals surface area contributed by atoms with Crippen molar-refractivity contribution in [3.8, 4) is 11.5 Å². The fraction of sp³-hybridized carbons (Fsp3) is 0.500. The molecule has 0 aromatic heterocycles. The van der Waals surface area contributed by atoms with Crippen LogP contribution < -0.4 is 9.47 Å². The fourth-order valence-corrected chi connectivity index (χ4v) is 1.90. The summed E-state index contributed by atoms with van der Waals surface area (Å²) < 4.78 is 11.3. The predicted octanol–water partition coefficient (Wildman–Crippen LogP) is 3.36. The van der Waals surface area contributed by atoms with Gasteiger partial charge in [-0.05, 0) is 31.0 Å². The normalized spacial score (nSPS) is 18.9. The van der Waals surface area contributed by atoms with Gasteiger partial charge in [-0.3, -0.25) is 0 Å². The summed E-state index contributed by atoms with van der Waals surface area (Å²) in [6.07, 6.45) is 0.846. The lowest BCUT2D eigenvalue weighted by molar-refractivity contribution is -0.0431. The Morgan fingerprint density at radius 2 is 1.93 bits per heavy atom. The quantitative estimate of drug-likeness (QED) is 0.720. The average molecular weight is 227 g/mol. The smallest absolute Gasteiger partial charge is 0.246 e. The zero-order valence-electron chi connectivity index (χ0n) is 9.21. The number of fused-ring (bicyclic) bond motifs is 1. The Kier molecular flexibility index (Phi) is 2.55. The van der Waals surface area contributed by atoms with Crippen LogP contribution in [-0.2, 0) is 6.42 Å². The van der Waals surface area contributed by atoms with Crippen molar-refractivity contribution in [3.63, 3.8) is 0 Å². The van der Waals surface area contributed by atoms with Crippen molar-refractivity contribution in [1.82, 2.24) is 0 Å². The fourth-order valence-electron chi connectivity index (χ4n) is 1.72. The van der Waals surface area contributed by atoms with Gasteiger partial charge in [0.25, 0.3) is 0 Å². The SMILES string of the molecule is CC(Cl)Cc1ccc2c(c1)OC(C)(C)O2. The van der Waals surface area contributed by atoms with Gasteiger partial charge in [0.1, 0.15) is 0 Å². The minimum absolute atomic E-state index is 0.137. The lowest BCUT2D eigenvalue weighted by Crippen LogP contribution is -2.29. The van der Waals surface area contributed by atoms with Crippen LogP contribution in [0.1, 0.15) is 26.3 Å². The van der Waals surface area contributed by atoms with Crippen LogP contribution in [0.2, 0.25) is 0 Å².